The molecule has 6 heteroatoms. The summed E-state index contributed by atoms with van der Waals surface area (Å²) >= 11 is 0. The van der Waals surface area contributed by atoms with Gasteiger partial charge in [-0.05, 0) is 18.9 Å². The fourth-order valence-electron chi connectivity index (χ4n) is 2.42. The summed E-state index contributed by atoms with van der Waals surface area (Å²) in [7, 11) is 3.84. The van der Waals surface area contributed by atoms with E-state index in [-0.39, 0.29) is 11.9 Å². The Bertz CT molecular complexity index is 586. The predicted octanol–water partition coefficient (Wildman–Crippen LogP) is 1.74. The molecule has 1 N–H and O–H groups in total. The molecule has 2 heterocycles. The van der Waals surface area contributed by atoms with Crippen molar-refractivity contribution in [3.63, 3.8) is 0 Å². The van der Waals surface area contributed by atoms with Crippen molar-refractivity contribution < 1.29 is 4.79 Å². The van der Waals surface area contributed by atoms with Gasteiger partial charge in [0.25, 0.3) is 0 Å². The SMILES string of the molecule is CCC[C@@H](NC(=O)CCc1ccnn1C)c1nccn1C. The summed E-state index contributed by atoms with van der Waals surface area (Å²) < 4.78 is 3.76. The van der Waals surface area contributed by atoms with Crippen LogP contribution in [-0.4, -0.2) is 25.2 Å². The molecule has 0 aliphatic heterocycles. The van der Waals surface area contributed by atoms with Gasteiger partial charge in [0.2, 0.25) is 5.91 Å². The van der Waals surface area contributed by atoms with Crippen molar-refractivity contribution in [3.05, 3.63) is 36.2 Å². The maximum Gasteiger partial charge on any atom is 0.220 e. The molecule has 0 saturated heterocycles. The summed E-state index contributed by atoms with van der Waals surface area (Å²) in [6.45, 7) is 2.11. The van der Waals surface area contributed by atoms with Gasteiger partial charge in [0.05, 0.1) is 6.04 Å². The minimum atomic E-state index is -0.0194. The normalized spacial score (nSPS) is 12.3. The molecule has 2 aromatic rings. The van der Waals surface area contributed by atoms with E-state index < -0.39 is 0 Å². The highest BCUT2D eigenvalue weighted by atomic mass is 16.1. The maximum atomic E-state index is 12.2. The third-order valence-electron chi connectivity index (χ3n) is 3.61. The molecule has 0 unspecified atom stereocenters. The van der Waals surface area contributed by atoms with Crippen LogP contribution in [0.1, 0.15) is 43.7 Å². The van der Waals surface area contributed by atoms with E-state index in [1.807, 2.05) is 30.9 Å². The number of aromatic nitrogens is 4. The Morgan fingerprint density at radius 1 is 1.38 bits per heavy atom. The van der Waals surface area contributed by atoms with Gasteiger partial charge in [0.1, 0.15) is 5.82 Å². The molecule has 0 aliphatic carbocycles. The summed E-state index contributed by atoms with van der Waals surface area (Å²) in [4.78, 5) is 16.5. The highest BCUT2D eigenvalue weighted by Gasteiger charge is 2.17. The number of nitrogens with zero attached hydrogens (tertiary/aromatic N) is 4. The largest absolute Gasteiger partial charge is 0.346 e. The Morgan fingerprint density at radius 2 is 2.19 bits per heavy atom. The molecule has 2 aromatic heterocycles. The molecule has 2 rings (SSSR count). The second-order valence-electron chi connectivity index (χ2n) is 5.25. The van der Waals surface area contributed by atoms with Crippen LogP contribution in [0.4, 0.5) is 0 Å². The lowest BCUT2D eigenvalue weighted by Crippen LogP contribution is -2.30. The summed E-state index contributed by atoms with van der Waals surface area (Å²) in [5, 5.41) is 7.20. The highest BCUT2D eigenvalue weighted by Crippen LogP contribution is 2.16. The third-order valence-corrected chi connectivity index (χ3v) is 3.61. The molecule has 0 spiro atoms. The van der Waals surface area contributed by atoms with Gasteiger partial charge in [0.15, 0.2) is 0 Å². The first-order valence-corrected chi connectivity index (χ1v) is 7.35. The molecule has 21 heavy (non-hydrogen) atoms. The summed E-state index contributed by atoms with van der Waals surface area (Å²) in [5.74, 6) is 0.961. The van der Waals surface area contributed by atoms with E-state index in [1.54, 1.807) is 17.1 Å². The first-order chi connectivity index (χ1) is 10.1. The zero-order valence-corrected chi connectivity index (χ0v) is 12.9. The highest BCUT2D eigenvalue weighted by molar-refractivity contribution is 5.76. The van der Waals surface area contributed by atoms with Crippen molar-refractivity contribution in [2.24, 2.45) is 14.1 Å². The van der Waals surface area contributed by atoms with Gasteiger partial charge >= 0.3 is 0 Å². The lowest BCUT2D eigenvalue weighted by molar-refractivity contribution is -0.121. The molecule has 0 aliphatic rings. The number of rotatable bonds is 7. The van der Waals surface area contributed by atoms with E-state index in [1.165, 1.54) is 0 Å². The molecule has 6 nitrogen and oxygen atoms in total. The van der Waals surface area contributed by atoms with Crippen molar-refractivity contribution in [3.8, 4) is 0 Å². The van der Waals surface area contributed by atoms with Gasteiger partial charge in [-0.1, -0.05) is 13.3 Å². The number of carbonyl (C=O) groups is 1. The van der Waals surface area contributed by atoms with E-state index >= 15 is 0 Å². The Kier molecular flexibility index (Phi) is 5.14. The smallest absolute Gasteiger partial charge is 0.220 e. The van der Waals surface area contributed by atoms with E-state index in [4.69, 9.17) is 0 Å². The maximum absolute atomic E-state index is 12.2. The molecule has 0 saturated carbocycles. The number of amides is 1. The van der Waals surface area contributed by atoms with Crippen molar-refractivity contribution >= 4 is 5.91 Å². The van der Waals surface area contributed by atoms with Crippen LogP contribution in [0.15, 0.2) is 24.7 Å². The zero-order valence-electron chi connectivity index (χ0n) is 12.9. The summed E-state index contributed by atoms with van der Waals surface area (Å²) in [6, 6.07) is 1.92. The lowest BCUT2D eigenvalue weighted by atomic mass is 10.1. The predicted molar refractivity (Wildman–Crippen MR) is 80.5 cm³/mol. The number of aryl methyl sites for hydroxylation is 3. The van der Waals surface area contributed by atoms with Crippen LogP contribution in [-0.2, 0) is 25.3 Å². The quantitative estimate of drug-likeness (QED) is 0.844. The number of nitrogens with one attached hydrogen (secondary N) is 1. The monoisotopic (exact) mass is 289 g/mol. The topological polar surface area (TPSA) is 64.7 Å². The van der Waals surface area contributed by atoms with E-state index in [9.17, 15) is 4.79 Å². The van der Waals surface area contributed by atoms with Gasteiger partial charge < -0.3 is 9.88 Å². The average Bonchev–Trinajstić information content (AvgIpc) is 3.05. The van der Waals surface area contributed by atoms with E-state index in [0.29, 0.717) is 12.8 Å². The van der Waals surface area contributed by atoms with Crippen molar-refractivity contribution in [1.29, 1.82) is 0 Å². The molecule has 114 valence electrons. The van der Waals surface area contributed by atoms with Crippen LogP contribution < -0.4 is 5.32 Å². The first-order valence-electron chi connectivity index (χ1n) is 7.35. The Morgan fingerprint density at radius 3 is 2.76 bits per heavy atom. The first kappa shape index (κ1) is 15.3. The molecule has 1 amide bonds. The number of hydrogen-bond donors (Lipinski definition) is 1. The van der Waals surface area contributed by atoms with Crippen molar-refractivity contribution in [1.82, 2.24) is 24.6 Å². The second kappa shape index (κ2) is 7.06. The van der Waals surface area contributed by atoms with Crippen molar-refractivity contribution in [2.45, 2.75) is 38.6 Å². The van der Waals surface area contributed by atoms with E-state index in [0.717, 1.165) is 24.4 Å². The van der Waals surface area contributed by atoms with Gasteiger partial charge in [0, 0.05) is 44.8 Å². The molecule has 0 bridgehead atoms. The van der Waals surface area contributed by atoms with Gasteiger partial charge in [-0.15, -0.1) is 0 Å². The number of imidazole rings is 1. The van der Waals surface area contributed by atoms with Crippen LogP contribution in [0, 0.1) is 0 Å². The average molecular weight is 289 g/mol. The Balaban J connectivity index is 1.93. The van der Waals surface area contributed by atoms with Crippen LogP contribution in [0.5, 0.6) is 0 Å². The van der Waals surface area contributed by atoms with Crippen LogP contribution >= 0.6 is 0 Å². The van der Waals surface area contributed by atoms with Crippen LogP contribution in [0.2, 0.25) is 0 Å². The minimum Gasteiger partial charge on any atom is -0.346 e. The third kappa shape index (κ3) is 3.93. The van der Waals surface area contributed by atoms with E-state index in [2.05, 4.69) is 22.3 Å². The molecule has 0 radical (unpaired) electrons. The lowest BCUT2D eigenvalue weighted by Gasteiger charge is -2.18. The molecule has 1 atom stereocenters. The van der Waals surface area contributed by atoms with Crippen LogP contribution in [0.3, 0.4) is 0 Å². The fourth-order valence-corrected chi connectivity index (χ4v) is 2.42. The molecule has 0 aromatic carbocycles. The molecular weight excluding hydrogens is 266 g/mol. The molecule has 0 fully saturated rings. The van der Waals surface area contributed by atoms with Crippen LogP contribution in [0.25, 0.3) is 0 Å². The summed E-state index contributed by atoms with van der Waals surface area (Å²) in [6.07, 6.45) is 8.47. The van der Waals surface area contributed by atoms with Crippen molar-refractivity contribution in [2.75, 3.05) is 0 Å². The van der Waals surface area contributed by atoms with Gasteiger partial charge in [-0.3, -0.25) is 9.48 Å². The fraction of sp³-hybridized carbons (Fsp3) is 0.533. The second-order valence-corrected chi connectivity index (χ2v) is 5.25. The Hall–Kier alpha value is -2.11. The standard InChI is InChI=1S/C15H23N5O/c1-4-5-13(15-16-10-11-19(15)2)18-14(21)7-6-12-8-9-17-20(12)3/h8-11,13H,4-7H2,1-3H3,(H,18,21)/t13-/m1/s1. The van der Waals surface area contributed by atoms with Gasteiger partial charge in [-0.2, -0.15) is 5.10 Å². The minimum absolute atomic E-state index is 0.0194. The van der Waals surface area contributed by atoms with Gasteiger partial charge in [-0.25, -0.2) is 4.98 Å². The number of hydrogen-bond acceptors (Lipinski definition) is 3. The number of carbonyl (C=O) groups excluding carboxylic acids is 1. The zero-order chi connectivity index (χ0) is 15.2. The summed E-state index contributed by atoms with van der Waals surface area (Å²) in [5.41, 5.74) is 1.06. The molecular formula is C15H23N5O. The Labute approximate surface area is 125 Å².